The van der Waals surface area contributed by atoms with Crippen molar-refractivity contribution >= 4 is 44.4 Å². The smallest absolute Gasteiger partial charge is 0.342 e. The summed E-state index contributed by atoms with van der Waals surface area (Å²) < 4.78 is 2.82. The Kier molecular flexibility index (Phi) is 3.99. The van der Waals surface area contributed by atoms with Gasteiger partial charge in [0.2, 0.25) is 5.43 Å². The summed E-state index contributed by atoms with van der Waals surface area (Å²) in [4.78, 5) is 34.9. The lowest BCUT2D eigenvalue weighted by atomic mass is 10.1. The van der Waals surface area contributed by atoms with E-state index in [1.54, 1.807) is 6.21 Å². The predicted molar refractivity (Wildman–Crippen MR) is 117 cm³/mol. The number of para-hydroxylation sites is 1. The third-order valence-electron chi connectivity index (χ3n) is 6.47. The van der Waals surface area contributed by atoms with E-state index in [9.17, 15) is 14.7 Å². The predicted octanol–water partition coefficient (Wildman–Crippen LogP) is 2.12. The van der Waals surface area contributed by atoms with E-state index in [0.29, 0.717) is 22.3 Å². The molecule has 2 fully saturated rings. The quantitative estimate of drug-likeness (QED) is 0.656. The van der Waals surface area contributed by atoms with Gasteiger partial charge in [0.15, 0.2) is 6.29 Å². The Balaban J connectivity index is 1.50. The molecule has 154 valence electrons. The molecule has 0 amide bonds. The molecule has 3 aliphatic rings. The number of thiazole rings is 1. The van der Waals surface area contributed by atoms with E-state index in [-0.39, 0.29) is 11.9 Å². The van der Waals surface area contributed by atoms with Crippen molar-refractivity contribution in [1.82, 2.24) is 14.2 Å². The average molecular weight is 423 g/mol. The fourth-order valence-electron chi connectivity index (χ4n) is 5.01. The Bertz CT molecular complexity index is 1280. The van der Waals surface area contributed by atoms with E-state index in [1.807, 2.05) is 28.7 Å². The molecule has 0 saturated carbocycles. The normalized spacial score (nSPS) is 24.1. The van der Waals surface area contributed by atoms with Crippen LogP contribution in [0, 0.1) is 0 Å². The third kappa shape index (κ3) is 2.55. The second-order valence-electron chi connectivity index (χ2n) is 8.11. The van der Waals surface area contributed by atoms with Crippen molar-refractivity contribution in [3.05, 3.63) is 45.6 Å². The summed E-state index contributed by atoms with van der Waals surface area (Å²) >= 11 is 1.33. The molecule has 2 atom stereocenters. The van der Waals surface area contributed by atoms with Gasteiger partial charge in [-0.05, 0) is 31.5 Å². The number of aromatic carboxylic acids is 1. The molecule has 0 radical (unpaired) electrons. The number of fused-ring (bicyclic) bond motifs is 6. The first kappa shape index (κ1) is 18.1. The largest absolute Gasteiger partial charge is 0.477 e. The van der Waals surface area contributed by atoms with Crippen LogP contribution in [-0.4, -0.2) is 70.0 Å². The highest BCUT2D eigenvalue weighted by Gasteiger charge is 2.35. The van der Waals surface area contributed by atoms with Crippen molar-refractivity contribution in [1.29, 1.82) is 0 Å². The number of anilines is 1. The van der Waals surface area contributed by atoms with Gasteiger partial charge in [-0.1, -0.05) is 12.1 Å². The molecular formula is C21H21N5O3S. The molecule has 2 N–H and O–H groups in total. The van der Waals surface area contributed by atoms with Crippen LogP contribution in [0.15, 0.2) is 34.1 Å². The van der Waals surface area contributed by atoms with Crippen LogP contribution in [0.25, 0.3) is 15.0 Å². The topological polar surface area (TPSA) is 89.6 Å². The van der Waals surface area contributed by atoms with Crippen molar-refractivity contribution in [2.45, 2.75) is 25.2 Å². The van der Waals surface area contributed by atoms with Gasteiger partial charge in [0.25, 0.3) is 0 Å². The van der Waals surface area contributed by atoms with Gasteiger partial charge in [-0.2, -0.15) is 0 Å². The Morgan fingerprint density at radius 1 is 1.20 bits per heavy atom. The second-order valence-corrected chi connectivity index (χ2v) is 9.14. The second kappa shape index (κ2) is 6.63. The van der Waals surface area contributed by atoms with E-state index in [4.69, 9.17) is 0 Å². The lowest BCUT2D eigenvalue weighted by molar-refractivity contribution is 0.0697. The van der Waals surface area contributed by atoms with E-state index < -0.39 is 11.4 Å². The molecule has 2 aromatic heterocycles. The third-order valence-corrected chi connectivity index (χ3v) is 7.61. The molecule has 8 nitrogen and oxygen atoms in total. The number of piperazine rings is 1. The molecule has 0 bridgehead atoms. The van der Waals surface area contributed by atoms with Gasteiger partial charge in [-0.15, -0.1) is 11.3 Å². The van der Waals surface area contributed by atoms with Gasteiger partial charge >= 0.3 is 5.97 Å². The first-order valence-electron chi connectivity index (χ1n) is 10.2. The van der Waals surface area contributed by atoms with Crippen molar-refractivity contribution in [2.24, 2.45) is 4.99 Å². The van der Waals surface area contributed by atoms with E-state index >= 15 is 0 Å². The molecule has 1 aromatic carbocycles. The standard InChI is InChI=1S/C21H21N5O3S/c27-17-13-10-22-21(25-9-8-24-7-3-4-12(24)11-25)23-18(13)26-14-5-1-2-6-15(14)30-19(26)16(17)20(28)29/h1-2,5-6,10,12,21,23H,3-4,7-9,11H2,(H,28,29). The molecule has 30 heavy (non-hydrogen) atoms. The molecule has 0 aliphatic carbocycles. The molecular weight excluding hydrogens is 402 g/mol. The number of rotatable bonds is 2. The van der Waals surface area contributed by atoms with Gasteiger partial charge in [0.05, 0.1) is 15.8 Å². The Morgan fingerprint density at radius 3 is 2.90 bits per heavy atom. The number of hydrogen-bond donors (Lipinski definition) is 2. The summed E-state index contributed by atoms with van der Waals surface area (Å²) in [5.41, 5.74) is 0.517. The number of pyridine rings is 1. The SMILES string of the molecule is O=C(O)c1c(=O)c2c(n3c1sc1ccccc13)NC(N1CCN3CCCC3C1)N=C2. The van der Waals surface area contributed by atoms with Crippen molar-refractivity contribution < 1.29 is 9.90 Å². The maximum absolute atomic E-state index is 13.0. The zero-order valence-electron chi connectivity index (χ0n) is 16.2. The zero-order valence-corrected chi connectivity index (χ0v) is 17.1. The molecule has 3 aliphatic heterocycles. The van der Waals surface area contributed by atoms with E-state index in [2.05, 4.69) is 20.1 Å². The van der Waals surface area contributed by atoms with Crippen molar-refractivity contribution in [3.8, 4) is 0 Å². The van der Waals surface area contributed by atoms with Gasteiger partial charge in [0, 0.05) is 31.9 Å². The minimum atomic E-state index is -1.21. The van der Waals surface area contributed by atoms with Crippen LogP contribution < -0.4 is 10.7 Å². The minimum absolute atomic E-state index is 0.193. The number of benzene rings is 1. The Hall–Kier alpha value is -2.75. The fourth-order valence-corrected chi connectivity index (χ4v) is 6.19. The number of hydrogen-bond acceptors (Lipinski definition) is 7. The Labute approximate surface area is 176 Å². The van der Waals surface area contributed by atoms with E-state index in [0.717, 1.165) is 29.9 Å². The van der Waals surface area contributed by atoms with Crippen LogP contribution in [0.4, 0.5) is 5.82 Å². The van der Waals surface area contributed by atoms with Gasteiger partial charge in [-0.25, -0.2) is 4.79 Å². The first-order valence-corrected chi connectivity index (χ1v) is 11.0. The number of aliphatic imine (C=N–C) groups is 1. The number of nitrogens with zero attached hydrogens (tertiary/aromatic N) is 4. The van der Waals surface area contributed by atoms with E-state index in [1.165, 1.54) is 30.7 Å². The van der Waals surface area contributed by atoms with Crippen LogP contribution in [0.3, 0.4) is 0 Å². The lowest BCUT2D eigenvalue weighted by Gasteiger charge is -2.41. The van der Waals surface area contributed by atoms with Crippen LogP contribution in [0.5, 0.6) is 0 Å². The summed E-state index contributed by atoms with van der Waals surface area (Å²) in [5, 5.41) is 13.2. The summed E-state index contributed by atoms with van der Waals surface area (Å²) in [5.74, 6) is -0.578. The fraction of sp³-hybridized carbons (Fsp3) is 0.381. The van der Waals surface area contributed by atoms with Gasteiger partial charge in [-0.3, -0.25) is 24.0 Å². The summed E-state index contributed by atoms with van der Waals surface area (Å²) in [6.07, 6.45) is 3.76. The molecule has 2 saturated heterocycles. The number of carboxylic acid groups (broad SMARTS) is 1. The molecule has 6 rings (SSSR count). The van der Waals surface area contributed by atoms with Crippen molar-refractivity contribution in [3.63, 3.8) is 0 Å². The summed E-state index contributed by atoms with van der Waals surface area (Å²) in [6.45, 7) is 4.06. The monoisotopic (exact) mass is 423 g/mol. The lowest BCUT2D eigenvalue weighted by Crippen LogP contribution is -2.55. The van der Waals surface area contributed by atoms with Gasteiger partial charge < -0.3 is 10.4 Å². The molecule has 2 unspecified atom stereocenters. The van der Waals surface area contributed by atoms with Crippen LogP contribution >= 0.6 is 11.3 Å². The summed E-state index contributed by atoms with van der Waals surface area (Å²) in [7, 11) is 0. The number of carbonyl (C=O) groups is 1. The average Bonchev–Trinajstić information content (AvgIpc) is 3.37. The highest BCUT2D eigenvalue weighted by Crippen LogP contribution is 2.33. The Morgan fingerprint density at radius 2 is 2.03 bits per heavy atom. The highest BCUT2D eigenvalue weighted by atomic mass is 32.1. The number of aromatic nitrogens is 1. The highest BCUT2D eigenvalue weighted by molar-refractivity contribution is 7.24. The van der Waals surface area contributed by atoms with Crippen LogP contribution in [-0.2, 0) is 0 Å². The van der Waals surface area contributed by atoms with Gasteiger partial charge in [0.1, 0.15) is 16.2 Å². The maximum atomic E-state index is 13.0. The minimum Gasteiger partial charge on any atom is -0.477 e. The molecule has 5 heterocycles. The summed E-state index contributed by atoms with van der Waals surface area (Å²) in [6, 6.07) is 8.31. The van der Waals surface area contributed by atoms with Crippen LogP contribution in [0.1, 0.15) is 28.8 Å². The first-order chi connectivity index (χ1) is 14.6. The van der Waals surface area contributed by atoms with Crippen molar-refractivity contribution in [2.75, 3.05) is 31.5 Å². The maximum Gasteiger partial charge on any atom is 0.342 e. The molecule has 0 spiro atoms. The zero-order chi connectivity index (χ0) is 20.4. The number of carboxylic acids is 1. The molecule has 9 heteroatoms. The number of nitrogens with one attached hydrogen (secondary N) is 1. The molecule has 3 aromatic rings. The van der Waals surface area contributed by atoms with Crippen LogP contribution in [0.2, 0.25) is 0 Å².